The lowest BCUT2D eigenvalue weighted by atomic mass is 10.3. The number of benzene rings is 2. The first-order valence-corrected chi connectivity index (χ1v) is 5.84. The number of hydrogen-bond donors (Lipinski definition) is 0. The first-order chi connectivity index (χ1) is 7.86. The van der Waals surface area contributed by atoms with Crippen LogP contribution in [0.5, 0.6) is 0 Å². The molecule has 1 heterocycles. The lowest BCUT2D eigenvalue weighted by Crippen LogP contribution is -1.95. The summed E-state index contributed by atoms with van der Waals surface area (Å²) in [4.78, 5) is 0. The van der Waals surface area contributed by atoms with Gasteiger partial charge in [0.1, 0.15) is 4.60 Å². The normalized spacial score (nSPS) is 10.8. The molecule has 3 heteroatoms. The van der Waals surface area contributed by atoms with E-state index in [2.05, 4.69) is 27.1 Å². The average molecular weight is 273 g/mol. The van der Waals surface area contributed by atoms with Crippen LogP contribution in [-0.2, 0) is 0 Å². The van der Waals surface area contributed by atoms with E-state index in [-0.39, 0.29) is 0 Å². The van der Waals surface area contributed by atoms with E-state index in [1.54, 1.807) is 0 Å². The third-order valence-corrected chi connectivity index (χ3v) is 3.28. The van der Waals surface area contributed by atoms with Crippen LogP contribution >= 0.6 is 15.9 Å². The Hall–Kier alpha value is -1.61. The summed E-state index contributed by atoms with van der Waals surface area (Å²) in [5.74, 6) is 0. The number of halogens is 1. The Kier molecular flexibility index (Phi) is 2.26. The van der Waals surface area contributed by atoms with Crippen LogP contribution in [0, 0.1) is 0 Å². The van der Waals surface area contributed by atoms with Gasteiger partial charge in [0.15, 0.2) is 0 Å². The van der Waals surface area contributed by atoms with Crippen molar-refractivity contribution in [2.24, 2.45) is 0 Å². The number of para-hydroxylation sites is 1. The van der Waals surface area contributed by atoms with Gasteiger partial charge in [0.25, 0.3) is 0 Å². The molecular formula is C13H9BrN2. The number of nitrogens with zero attached hydrogens (tertiary/aromatic N) is 2. The summed E-state index contributed by atoms with van der Waals surface area (Å²) in [7, 11) is 0. The highest BCUT2D eigenvalue weighted by molar-refractivity contribution is 9.10. The second-order valence-electron chi connectivity index (χ2n) is 3.56. The van der Waals surface area contributed by atoms with Gasteiger partial charge >= 0.3 is 0 Å². The molecule has 0 bridgehead atoms. The molecule has 0 amide bonds. The highest BCUT2D eigenvalue weighted by atomic mass is 79.9. The molecular weight excluding hydrogens is 264 g/mol. The smallest absolute Gasteiger partial charge is 0.117 e. The van der Waals surface area contributed by atoms with Crippen molar-refractivity contribution in [3.8, 4) is 5.69 Å². The lowest BCUT2D eigenvalue weighted by molar-refractivity contribution is 0.876. The molecule has 0 spiro atoms. The Labute approximate surface area is 102 Å². The average Bonchev–Trinajstić information content (AvgIpc) is 2.69. The summed E-state index contributed by atoms with van der Waals surface area (Å²) < 4.78 is 2.90. The van der Waals surface area contributed by atoms with Gasteiger partial charge in [-0.25, -0.2) is 4.68 Å². The molecule has 2 nitrogen and oxygen atoms in total. The Balaban J connectivity index is 2.29. The zero-order valence-corrected chi connectivity index (χ0v) is 10.1. The fraction of sp³-hybridized carbons (Fsp3) is 0. The van der Waals surface area contributed by atoms with E-state index in [0.29, 0.717) is 0 Å². The van der Waals surface area contributed by atoms with E-state index in [0.717, 1.165) is 21.2 Å². The molecule has 0 atom stereocenters. The Morgan fingerprint density at radius 1 is 0.875 bits per heavy atom. The van der Waals surface area contributed by atoms with Crippen LogP contribution in [0.4, 0.5) is 0 Å². The lowest BCUT2D eigenvalue weighted by Gasteiger charge is -2.01. The summed E-state index contributed by atoms with van der Waals surface area (Å²) >= 11 is 3.59. The number of aromatic nitrogens is 2. The minimum atomic E-state index is 0.995. The molecule has 78 valence electrons. The first kappa shape index (κ1) is 9.60. The SMILES string of the molecule is Brc1c2ccccc2nn1-c1ccccc1. The van der Waals surface area contributed by atoms with Crippen LogP contribution in [0.3, 0.4) is 0 Å². The van der Waals surface area contributed by atoms with Crippen molar-refractivity contribution in [3.05, 3.63) is 59.2 Å². The molecule has 0 fully saturated rings. The second-order valence-corrected chi connectivity index (χ2v) is 4.31. The van der Waals surface area contributed by atoms with Crippen LogP contribution < -0.4 is 0 Å². The summed E-state index contributed by atoms with van der Waals surface area (Å²) in [5, 5.41) is 5.68. The minimum absolute atomic E-state index is 0.995. The minimum Gasteiger partial charge on any atom is -0.225 e. The van der Waals surface area contributed by atoms with Gasteiger partial charge in [-0.05, 0) is 34.1 Å². The summed E-state index contributed by atoms with van der Waals surface area (Å²) in [5.41, 5.74) is 2.06. The molecule has 0 saturated carbocycles. The highest BCUT2D eigenvalue weighted by Gasteiger charge is 2.08. The molecule has 16 heavy (non-hydrogen) atoms. The van der Waals surface area contributed by atoms with Gasteiger partial charge in [0.2, 0.25) is 0 Å². The Morgan fingerprint density at radius 3 is 2.31 bits per heavy atom. The Bertz CT molecular complexity index is 629. The van der Waals surface area contributed by atoms with E-state index in [9.17, 15) is 0 Å². The molecule has 0 aliphatic carbocycles. The molecule has 1 aromatic heterocycles. The molecule has 0 unspecified atom stereocenters. The van der Waals surface area contributed by atoms with Crippen LogP contribution in [0.25, 0.3) is 16.6 Å². The predicted octanol–water partition coefficient (Wildman–Crippen LogP) is 3.79. The second kappa shape index (κ2) is 3.76. The van der Waals surface area contributed by atoms with Gasteiger partial charge in [-0.3, -0.25) is 0 Å². The van der Waals surface area contributed by atoms with E-state index in [1.165, 1.54) is 0 Å². The molecule has 0 saturated heterocycles. The monoisotopic (exact) mass is 272 g/mol. The number of fused-ring (bicyclic) bond motifs is 1. The molecule has 3 rings (SSSR count). The largest absolute Gasteiger partial charge is 0.225 e. The van der Waals surface area contributed by atoms with Crippen molar-refractivity contribution in [2.45, 2.75) is 0 Å². The maximum Gasteiger partial charge on any atom is 0.117 e. The van der Waals surface area contributed by atoms with Gasteiger partial charge in [-0.15, -0.1) is 0 Å². The molecule has 2 aromatic carbocycles. The molecule has 3 aromatic rings. The maximum atomic E-state index is 4.55. The van der Waals surface area contributed by atoms with Crippen molar-refractivity contribution in [3.63, 3.8) is 0 Å². The van der Waals surface area contributed by atoms with Crippen molar-refractivity contribution in [1.29, 1.82) is 0 Å². The van der Waals surface area contributed by atoms with Crippen molar-refractivity contribution >= 4 is 26.8 Å². The van der Waals surface area contributed by atoms with Gasteiger partial charge in [-0.2, -0.15) is 5.10 Å². The van der Waals surface area contributed by atoms with E-state index in [4.69, 9.17) is 0 Å². The molecule has 0 radical (unpaired) electrons. The quantitative estimate of drug-likeness (QED) is 0.659. The fourth-order valence-corrected chi connectivity index (χ4v) is 2.36. The third-order valence-electron chi connectivity index (χ3n) is 2.52. The molecule has 0 aliphatic heterocycles. The van der Waals surface area contributed by atoms with Crippen LogP contribution in [0.1, 0.15) is 0 Å². The highest BCUT2D eigenvalue weighted by Crippen LogP contribution is 2.26. The van der Waals surface area contributed by atoms with Gasteiger partial charge in [0.05, 0.1) is 11.2 Å². The molecule has 0 aliphatic rings. The van der Waals surface area contributed by atoms with Crippen molar-refractivity contribution in [2.75, 3.05) is 0 Å². The topological polar surface area (TPSA) is 17.8 Å². The van der Waals surface area contributed by atoms with Crippen molar-refractivity contribution in [1.82, 2.24) is 9.78 Å². The van der Waals surface area contributed by atoms with Crippen LogP contribution in [0.15, 0.2) is 59.2 Å². The van der Waals surface area contributed by atoms with Crippen LogP contribution in [-0.4, -0.2) is 9.78 Å². The fourth-order valence-electron chi connectivity index (χ4n) is 1.74. The van der Waals surface area contributed by atoms with Crippen LogP contribution in [0.2, 0.25) is 0 Å². The van der Waals surface area contributed by atoms with E-state index < -0.39 is 0 Å². The van der Waals surface area contributed by atoms with Gasteiger partial charge in [-0.1, -0.05) is 36.4 Å². The van der Waals surface area contributed by atoms with Gasteiger partial charge in [0, 0.05) is 5.39 Å². The summed E-state index contributed by atoms with van der Waals surface area (Å²) in [6.07, 6.45) is 0. The zero-order chi connectivity index (χ0) is 11.0. The number of hydrogen-bond acceptors (Lipinski definition) is 1. The number of rotatable bonds is 1. The van der Waals surface area contributed by atoms with Gasteiger partial charge < -0.3 is 0 Å². The summed E-state index contributed by atoms with van der Waals surface area (Å²) in [6, 6.07) is 18.2. The summed E-state index contributed by atoms with van der Waals surface area (Å²) in [6.45, 7) is 0. The predicted molar refractivity (Wildman–Crippen MR) is 68.8 cm³/mol. The van der Waals surface area contributed by atoms with E-state index in [1.807, 2.05) is 53.2 Å². The van der Waals surface area contributed by atoms with Crippen molar-refractivity contribution < 1.29 is 0 Å². The maximum absolute atomic E-state index is 4.55. The molecule has 0 N–H and O–H groups in total. The zero-order valence-electron chi connectivity index (χ0n) is 8.47. The third kappa shape index (κ3) is 1.44. The Morgan fingerprint density at radius 2 is 1.56 bits per heavy atom. The standard InChI is InChI=1S/C13H9BrN2/c14-13-11-8-4-5-9-12(11)15-16(13)10-6-2-1-3-7-10/h1-9H. The van der Waals surface area contributed by atoms with E-state index >= 15 is 0 Å². The first-order valence-electron chi connectivity index (χ1n) is 5.05.